The molecule has 1 aromatic carbocycles. The first-order valence-corrected chi connectivity index (χ1v) is 8.09. The van der Waals surface area contributed by atoms with Gasteiger partial charge in [0.2, 0.25) is 0 Å². The van der Waals surface area contributed by atoms with Crippen molar-refractivity contribution < 1.29 is 9.47 Å². The average Bonchev–Trinajstić information content (AvgIpc) is 3.01. The van der Waals surface area contributed by atoms with Crippen LogP contribution in [0.4, 0.5) is 0 Å². The summed E-state index contributed by atoms with van der Waals surface area (Å²) in [5.41, 5.74) is 1.77. The van der Waals surface area contributed by atoms with Gasteiger partial charge in [-0.1, -0.05) is 25.8 Å². The summed E-state index contributed by atoms with van der Waals surface area (Å²) in [5.74, 6) is 1.59. The first-order chi connectivity index (χ1) is 10.1. The molecule has 3 nitrogen and oxygen atoms in total. The highest BCUT2D eigenvalue weighted by Gasteiger charge is 2.31. The van der Waals surface area contributed by atoms with Crippen molar-refractivity contribution in [2.75, 3.05) is 20.8 Å². The monoisotopic (exact) mass is 291 g/mol. The molecule has 0 aromatic heterocycles. The van der Waals surface area contributed by atoms with E-state index in [1.807, 2.05) is 6.07 Å². The van der Waals surface area contributed by atoms with E-state index in [1.54, 1.807) is 14.2 Å². The Morgan fingerprint density at radius 2 is 1.81 bits per heavy atom. The summed E-state index contributed by atoms with van der Waals surface area (Å²) in [7, 11) is 3.36. The second-order valence-electron chi connectivity index (χ2n) is 6.28. The zero-order valence-electron chi connectivity index (χ0n) is 13.9. The largest absolute Gasteiger partial charge is 0.493 e. The minimum atomic E-state index is 0.328. The third-order valence-electron chi connectivity index (χ3n) is 5.11. The van der Waals surface area contributed by atoms with Crippen LogP contribution in [-0.2, 0) is 0 Å². The van der Waals surface area contributed by atoms with Gasteiger partial charge in [-0.2, -0.15) is 0 Å². The molecule has 21 heavy (non-hydrogen) atoms. The summed E-state index contributed by atoms with van der Waals surface area (Å²) in [5, 5.41) is 3.73. The molecule has 1 saturated carbocycles. The van der Waals surface area contributed by atoms with Gasteiger partial charge in [-0.25, -0.2) is 0 Å². The lowest BCUT2D eigenvalue weighted by Crippen LogP contribution is -2.33. The van der Waals surface area contributed by atoms with Crippen LogP contribution in [0, 0.1) is 5.41 Å². The molecule has 0 saturated heterocycles. The molecule has 1 N–H and O–H groups in total. The van der Waals surface area contributed by atoms with Gasteiger partial charge in [-0.3, -0.25) is 0 Å². The van der Waals surface area contributed by atoms with E-state index in [1.165, 1.54) is 37.7 Å². The molecule has 1 aliphatic rings. The SMILES string of the molecule is CCC1(CNC(C)c2ccc(OC)c(OC)c2)CCCC1. The van der Waals surface area contributed by atoms with E-state index in [0.717, 1.165) is 18.0 Å². The molecule has 1 atom stereocenters. The number of rotatable bonds is 7. The highest BCUT2D eigenvalue weighted by molar-refractivity contribution is 5.43. The second-order valence-corrected chi connectivity index (χ2v) is 6.28. The van der Waals surface area contributed by atoms with Crippen molar-refractivity contribution in [3.05, 3.63) is 23.8 Å². The van der Waals surface area contributed by atoms with Crippen LogP contribution in [-0.4, -0.2) is 20.8 Å². The van der Waals surface area contributed by atoms with E-state index in [-0.39, 0.29) is 0 Å². The maximum absolute atomic E-state index is 5.39. The maximum Gasteiger partial charge on any atom is 0.161 e. The zero-order chi connectivity index (χ0) is 15.3. The fourth-order valence-electron chi connectivity index (χ4n) is 3.39. The van der Waals surface area contributed by atoms with Crippen LogP contribution in [0.3, 0.4) is 0 Å². The van der Waals surface area contributed by atoms with E-state index in [9.17, 15) is 0 Å². The summed E-state index contributed by atoms with van der Waals surface area (Å²) < 4.78 is 10.7. The lowest BCUT2D eigenvalue weighted by atomic mass is 9.83. The minimum absolute atomic E-state index is 0.328. The third-order valence-corrected chi connectivity index (χ3v) is 5.11. The van der Waals surface area contributed by atoms with Gasteiger partial charge in [0.1, 0.15) is 0 Å². The van der Waals surface area contributed by atoms with E-state index in [0.29, 0.717) is 11.5 Å². The normalized spacial score (nSPS) is 18.5. The number of hydrogen-bond donors (Lipinski definition) is 1. The Labute approximate surface area is 129 Å². The molecular weight excluding hydrogens is 262 g/mol. The van der Waals surface area contributed by atoms with Gasteiger partial charge >= 0.3 is 0 Å². The van der Waals surface area contributed by atoms with Gasteiger partial charge in [0, 0.05) is 12.6 Å². The molecule has 0 bridgehead atoms. The Hall–Kier alpha value is -1.22. The Morgan fingerprint density at radius 1 is 1.14 bits per heavy atom. The zero-order valence-corrected chi connectivity index (χ0v) is 13.9. The molecule has 1 aliphatic carbocycles. The lowest BCUT2D eigenvalue weighted by Gasteiger charge is -2.30. The highest BCUT2D eigenvalue weighted by Crippen LogP contribution is 2.40. The number of ether oxygens (including phenoxy) is 2. The molecule has 0 heterocycles. The van der Waals surface area contributed by atoms with Gasteiger partial charge in [0.15, 0.2) is 11.5 Å². The van der Waals surface area contributed by atoms with Crippen LogP contribution in [0.25, 0.3) is 0 Å². The number of methoxy groups -OCH3 is 2. The van der Waals surface area contributed by atoms with Crippen LogP contribution in [0.2, 0.25) is 0 Å². The van der Waals surface area contributed by atoms with Crippen LogP contribution in [0.1, 0.15) is 57.6 Å². The standard InChI is InChI=1S/C18H29NO2/c1-5-18(10-6-7-11-18)13-19-14(2)15-8-9-16(20-3)17(12-15)21-4/h8-9,12,14,19H,5-7,10-11,13H2,1-4H3. The fraction of sp³-hybridized carbons (Fsp3) is 0.667. The van der Waals surface area contributed by atoms with Crippen LogP contribution in [0.15, 0.2) is 18.2 Å². The van der Waals surface area contributed by atoms with Gasteiger partial charge in [0.05, 0.1) is 14.2 Å². The van der Waals surface area contributed by atoms with Crippen molar-refractivity contribution in [2.45, 2.75) is 52.0 Å². The van der Waals surface area contributed by atoms with E-state index >= 15 is 0 Å². The predicted octanol–water partition coefficient (Wildman–Crippen LogP) is 4.32. The average molecular weight is 291 g/mol. The third kappa shape index (κ3) is 3.70. The van der Waals surface area contributed by atoms with Crippen LogP contribution < -0.4 is 14.8 Å². The van der Waals surface area contributed by atoms with Crippen molar-refractivity contribution in [1.82, 2.24) is 5.32 Å². The Morgan fingerprint density at radius 3 is 2.38 bits per heavy atom. The lowest BCUT2D eigenvalue weighted by molar-refractivity contribution is 0.258. The molecule has 118 valence electrons. The van der Waals surface area contributed by atoms with E-state index in [2.05, 4.69) is 31.3 Å². The predicted molar refractivity (Wildman–Crippen MR) is 87.2 cm³/mol. The Bertz CT molecular complexity index is 453. The minimum Gasteiger partial charge on any atom is -0.493 e. The number of benzene rings is 1. The highest BCUT2D eigenvalue weighted by atomic mass is 16.5. The number of hydrogen-bond acceptors (Lipinski definition) is 3. The van der Waals surface area contributed by atoms with E-state index in [4.69, 9.17) is 9.47 Å². The van der Waals surface area contributed by atoms with Crippen LogP contribution in [0.5, 0.6) is 11.5 Å². The molecular formula is C18H29NO2. The van der Waals surface area contributed by atoms with Crippen molar-refractivity contribution in [3.8, 4) is 11.5 Å². The van der Waals surface area contributed by atoms with Gasteiger partial charge < -0.3 is 14.8 Å². The summed E-state index contributed by atoms with van der Waals surface area (Å²) in [6, 6.07) is 6.50. The Kier molecular flexibility index (Phi) is 5.51. The smallest absolute Gasteiger partial charge is 0.161 e. The van der Waals surface area contributed by atoms with Crippen LogP contribution >= 0.6 is 0 Å². The van der Waals surface area contributed by atoms with Gasteiger partial charge in [-0.05, 0) is 49.3 Å². The topological polar surface area (TPSA) is 30.5 Å². The molecule has 0 spiro atoms. The van der Waals surface area contributed by atoms with Gasteiger partial charge in [0.25, 0.3) is 0 Å². The molecule has 0 radical (unpaired) electrons. The summed E-state index contributed by atoms with van der Waals surface area (Å²) >= 11 is 0. The first-order valence-electron chi connectivity index (χ1n) is 8.09. The molecule has 3 heteroatoms. The van der Waals surface area contributed by atoms with Gasteiger partial charge in [-0.15, -0.1) is 0 Å². The van der Waals surface area contributed by atoms with Crippen molar-refractivity contribution in [1.29, 1.82) is 0 Å². The summed E-state index contributed by atoms with van der Waals surface area (Å²) in [6.07, 6.45) is 6.80. The quantitative estimate of drug-likeness (QED) is 0.811. The summed E-state index contributed by atoms with van der Waals surface area (Å²) in [6.45, 7) is 5.66. The van der Waals surface area contributed by atoms with Crippen molar-refractivity contribution in [2.24, 2.45) is 5.41 Å². The molecule has 2 rings (SSSR count). The number of nitrogens with one attached hydrogen (secondary N) is 1. The van der Waals surface area contributed by atoms with Crippen molar-refractivity contribution in [3.63, 3.8) is 0 Å². The molecule has 1 unspecified atom stereocenters. The second kappa shape index (κ2) is 7.17. The molecule has 1 fully saturated rings. The first kappa shape index (κ1) is 16.2. The molecule has 0 aliphatic heterocycles. The summed E-state index contributed by atoms with van der Waals surface area (Å²) in [4.78, 5) is 0. The maximum atomic E-state index is 5.39. The van der Waals surface area contributed by atoms with Crippen molar-refractivity contribution >= 4 is 0 Å². The fourth-order valence-corrected chi connectivity index (χ4v) is 3.39. The Balaban J connectivity index is 2.01. The van der Waals surface area contributed by atoms with E-state index < -0.39 is 0 Å². The molecule has 0 amide bonds. The molecule has 1 aromatic rings.